The van der Waals surface area contributed by atoms with E-state index in [9.17, 15) is 0 Å². The van der Waals surface area contributed by atoms with Crippen LogP contribution in [0.4, 0.5) is 6.01 Å². The van der Waals surface area contributed by atoms with Gasteiger partial charge in [-0.05, 0) is 30.0 Å². The molecule has 0 atom stereocenters. The molecule has 2 rings (SSSR count). The van der Waals surface area contributed by atoms with Crippen LogP contribution in [0.25, 0.3) is 11.4 Å². The van der Waals surface area contributed by atoms with Gasteiger partial charge in [0.25, 0.3) is 0 Å². The topological polar surface area (TPSA) is 51.0 Å². The molecule has 2 aromatic rings. The minimum atomic E-state index is 0.432. The lowest BCUT2D eigenvalue weighted by Gasteiger charge is -1.98. The van der Waals surface area contributed by atoms with Gasteiger partial charge >= 0.3 is 6.01 Å². The van der Waals surface area contributed by atoms with Gasteiger partial charge in [-0.2, -0.15) is 4.98 Å². The summed E-state index contributed by atoms with van der Waals surface area (Å²) in [6.07, 6.45) is 0. The Morgan fingerprint density at radius 3 is 2.62 bits per heavy atom. The van der Waals surface area contributed by atoms with Crippen LogP contribution in [0.5, 0.6) is 0 Å². The lowest BCUT2D eigenvalue weighted by atomic mass is 10.2. The summed E-state index contributed by atoms with van der Waals surface area (Å²) in [5.74, 6) is 1.68. The average Bonchev–Trinajstić information content (AvgIpc) is 2.79. The third-order valence-electron chi connectivity index (χ3n) is 2.06. The molecule has 1 heterocycles. The molecule has 0 saturated heterocycles. The van der Waals surface area contributed by atoms with Gasteiger partial charge in [0.15, 0.2) is 0 Å². The van der Waals surface area contributed by atoms with E-state index in [1.807, 2.05) is 23.9 Å². The van der Waals surface area contributed by atoms with Crippen LogP contribution in [0.3, 0.4) is 0 Å². The quantitative estimate of drug-likeness (QED) is 0.826. The van der Waals surface area contributed by atoms with Crippen molar-refractivity contribution in [3.05, 3.63) is 24.3 Å². The minimum absolute atomic E-state index is 0.432. The van der Waals surface area contributed by atoms with Crippen LogP contribution in [0.1, 0.15) is 6.92 Å². The highest BCUT2D eigenvalue weighted by Crippen LogP contribution is 2.22. The molecule has 4 nitrogen and oxygen atoms in total. The first-order valence-electron chi connectivity index (χ1n) is 5.08. The van der Waals surface area contributed by atoms with Crippen LogP contribution in [-0.2, 0) is 0 Å². The van der Waals surface area contributed by atoms with Crippen molar-refractivity contribution in [2.75, 3.05) is 18.1 Å². The highest BCUT2D eigenvalue weighted by atomic mass is 32.2. The van der Waals surface area contributed by atoms with Gasteiger partial charge in [-0.15, -0.1) is 11.8 Å². The molecule has 0 fully saturated rings. The number of nitrogens with one attached hydrogen (secondary N) is 1. The standard InChI is InChI=1S/C11H13N3OS/c1-3-16-9-6-4-8(5-7-9)10-13-11(12-2)15-14-10/h4-7H,3H2,1-2H3,(H,12,13,14). The first kappa shape index (κ1) is 11.0. The SMILES string of the molecule is CCSc1ccc(-c2noc(NC)n2)cc1. The minimum Gasteiger partial charge on any atom is -0.341 e. The molecule has 0 aliphatic carbocycles. The zero-order chi connectivity index (χ0) is 11.4. The van der Waals surface area contributed by atoms with Crippen molar-refractivity contribution in [3.8, 4) is 11.4 Å². The van der Waals surface area contributed by atoms with E-state index in [0.717, 1.165) is 11.3 Å². The lowest BCUT2D eigenvalue weighted by Crippen LogP contribution is -1.87. The highest BCUT2D eigenvalue weighted by molar-refractivity contribution is 7.99. The number of thioether (sulfide) groups is 1. The molecule has 84 valence electrons. The third kappa shape index (κ3) is 2.36. The largest absolute Gasteiger partial charge is 0.341 e. The average molecular weight is 235 g/mol. The third-order valence-corrected chi connectivity index (χ3v) is 2.96. The lowest BCUT2D eigenvalue weighted by molar-refractivity contribution is 0.434. The molecule has 0 spiro atoms. The maximum atomic E-state index is 4.97. The molecular formula is C11H13N3OS. The Kier molecular flexibility index (Phi) is 3.46. The summed E-state index contributed by atoms with van der Waals surface area (Å²) in [5.41, 5.74) is 0.964. The molecule has 0 saturated carbocycles. The molecular weight excluding hydrogens is 222 g/mol. The molecule has 5 heteroatoms. The normalized spacial score (nSPS) is 10.4. The summed E-state index contributed by atoms with van der Waals surface area (Å²) in [6, 6.07) is 8.57. The Morgan fingerprint density at radius 1 is 1.31 bits per heavy atom. The van der Waals surface area contributed by atoms with Crippen LogP contribution < -0.4 is 5.32 Å². The van der Waals surface area contributed by atoms with Gasteiger partial charge in [0.05, 0.1) is 0 Å². The van der Waals surface area contributed by atoms with E-state index >= 15 is 0 Å². The molecule has 0 aliphatic heterocycles. The van der Waals surface area contributed by atoms with Crippen molar-refractivity contribution in [1.82, 2.24) is 10.1 Å². The monoisotopic (exact) mass is 235 g/mol. The van der Waals surface area contributed by atoms with E-state index in [-0.39, 0.29) is 0 Å². The van der Waals surface area contributed by atoms with E-state index < -0.39 is 0 Å². The van der Waals surface area contributed by atoms with Gasteiger partial charge in [-0.1, -0.05) is 12.1 Å². The Morgan fingerprint density at radius 2 is 2.06 bits per heavy atom. The van der Waals surface area contributed by atoms with E-state index in [1.54, 1.807) is 7.05 Å². The highest BCUT2D eigenvalue weighted by Gasteiger charge is 2.06. The number of aromatic nitrogens is 2. The van der Waals surface area contributed by atoms with Crippen LogP contribution in [-0.4, -0.2) is 22.9 Å². The Labute approximate surface area is 98.4 Å². The van der Waals surface area contributed by atoms with Crippen molar-refractivity contribution < 1.29 is 4.52 Å². The van der Waals surface area contributed by atoms with E-state index in [1.165, 1.54) is 4.90 Å². The number of hydrogen-bond acceptors (Lipinski definition) is 5. The summed E-state index contributed by atoms with van der Waals surface area (Å²) < 4.78 is 4.97. The summed E-state index contributed by atoms with van der Waals surface area (Å²) in [5, 5.41) is 6.68. The summed E-state index contributed by atoms with van der Waals surface area (Å²) in [6.45, 7) is 2.14. The zero-order valence-corrected chi connectivity index (χ0v) is 10.0. The number of anilines is 1. The van der Waals surface area contributed by atoms with E-state index in [2.05, 4.69) is 34.5 Å². The second kappa shape index (κ2) is 5.03. The van der Waals surface area contributed by atoms with Gasteiger partial charge in [-0.3, -0.25) is 0 Å². The fraction of sp³-hybridized carbons (Fsp3) is 0.273. The van der Waals surface area contributed by atoms with Crippen LogP contribution in [0, 0.1) is 0 Å². The number of benzene rings is 1. The number of rotatable bonds is 4. The zero-order valence-electron chi connectivity index (χ0n) is 9.23. The van der Waals surface area contributed by atoms with Crippen molar-refractivity contribution in [2.24, 2.45) is 0 Å². The van der Waals surface area contributed by atoms with Gasteiger partial charge < -0.3 is 9.84 Å². The van der Waals surface area contributed by atoms with Gasteiger partial charge in [-0.25, -0.2) is 0 Å². The number of hydrogen-bond donors (Lipinski definition) is 1. The van der Waals surface area contributed by atoms with Crippen molar-refractivity contribution in [3.63, 3.8) is 0 Å². The molecule has 1 aromatic heterocycles. The predicted molar refractivity (Wildman–Crippen MR) is 65.7 cm³/mol. The molecule has 1 aromatic carbocycles. The van der Waals surface area contributed by atoms with Gasteiger partial charge in [0, 0.05) is 17.5 Å². The molecule has 0 amide bonds. The molecule has 0 radical (unpaired) electrons. The van der Waals surface area contributed by atoms with E-state index in [0.29, 0.717) is 11.8 Å². The van der Waals surface area contributed by atoms with Crippen LogP contribution >= 0.6 is 11.8 Å². The smallest absolute Gasteiger partial charge is 0.321 e. The fourth-order valence-corrected chi connectivity index (χ4v) is 1.97. The van der Waals surface area contributed by atoms with Crippen LogP contribution in [0.2, 0.25) is 0 Å². The maximum Gasteiger partial charge on any atom is 0.321 e. The number of nitrogens with zero attached hydrogens (tertiary/aromatic N) is 2. The van der Waals surface area contributed by atoms with Crippen LogP contribution in [0.15, 0.2) is 33.7 Å². The first-order valence-corrected chi connectivity index (χ1v) is 6.06. The summed E-state index contributed by atoms with van der Waals surface area (Å²) >= 11 is 1.81. The Bertz CT molecular complexity index is 453. The van der Waals surface area contributed by atoms with E-state index in [4.69, 9.17) is 4.52 Å². The molecule has 0 aliphatic rings. The summed E-state index contributed by atoms with van der Waals surface area (Å²) in [4.78, 5) is 5.43. The van der Waals surface area contributed by atoms with Crippen molar-refractivity contribution in [1.29, 1.82) is 0 Å². The predicted octanol–water partition coefficient (Wildman–Crippen LogP) is 2.89. The van der Waals surface area contributed by atoms with Gasteiger partial charge in [0.1, 0.15) is 0 Å². The summed E-state index contributed by atoms with van der Waals surface area (Å²) in [7, 11) is 1.75. The van der Waals surface area contributed by atoms with Crippen molar-refractivity contribution >= 4 is 17.8 Å². The van der Waals surface area contributed by atoms with Crippen molar-refractivity contribution in [2.45, 2.75) is 11.8 Å². The Hall–Kier alpha value is -1.49. The molecule has 0 bridgehead atoms. The fourth-order valence-electron chi connectivity index (χ4n) is 1.31. The molecule has 1 N–H and O–H groups in total. The van der Waals surface area contributed by atoms with Gasteiger partial charge in [0.2, 0.25) is 5.82 Å². The molecule has 16 heavy (non-hydrogen) atoms. The maximum absolute atomic E-state index is 4.97. The Balaban J connectivity index is 2.20. The second-order valence-electron chi connectivity index (χ2n) is 3.13. The second-order valence-corrected chi connectivity index (χ2v) is 4.47. The molecule has 0 unspecified atom stereocenters. The first-order chi connectivity index (χ1) is 7.83.